The van der Waals surface area contributed by atoms with Gasteiger partial charge in [0.2, 0.25) is 5.91 Å². The van der Waals surface area contributed by atoms with Crippen LogP contribution in [0.1, 0.15) is 16.7 Å². The van der Waals surface area contributed by atoms with E-state index in [0.717, 1.165) is 22.0 Å². The molecule has 0 bridgehead atoms. The van der Waals surface area contributed by atoms with Crippen molar-refractivity contribution in [3.63, 3.8) is 0 Å². The van der Waals surface area contributed by atoms with Crippen molar-refractivity contribution in [2.45, 2.75) is 13.3 Å². The van der Waals surface area contributed by atoms with Crippen molar-refractivity contribution >= 4 is 34.6 Å². The Morgan fingerprint density at radius 3 is 2.79 bits per heavy atom. The molecule has 0 aliphatic rings. The highest BCUT2D eigenvalue weighted by Crippen LogP contribution is 2.20. The number of hydrogen-bond acceptors (Lipinski definition) is 3. The number of nitrogens with zero attached hydrogens (tertiary/aromatic N) is 2. The van der Waals surface area contributed by atoms with E-state index in [1.165, 1.54) is 6.21 Å². The maximum atomic E-state index is 11.9. The number of amides is 1. The van der Waals surface area contributed by atoms with Crippen LogP contribution in [0.15, 0.2) is 59.7 Å². The molecule has 1 aromatic heterocycles. The number of aromatic nitrogens is 1. The van der Waals surface area contributed by atoms with E-state index >= 15 is 0 Å². The molecule has 0 saturated heterocycles. The molecular weight excluding hydrogens is 322 g/mol. The number of halogens is 1. The molecule has 5 heteroatoms. The third-order valence-corrected chi connectivity index (χ3v) is 3.86. The zero-order chi connectivity index (χ0) is 16.9. The van der Waals surface area contributed by atoms with Gasteiger partial charge in [0.1, 0.15) is 5.15 Å². The third kappa shape index (κ3) is 3.97. The number of rotatable bonds is 4. The average Bonchev–Trinajstić information content (AvgIpc) is 2.56. The zero-order valence-corrected chi connectivity index (χ0v) is 13.9. The van der Waals surface area contributed by atoms with Crippen molar-refractivity contribution in [2.75, 3.05) is 0 Å². The van der Waals surface area contributed by atoms with Crippen molar-refractivity contribution in [2.24, 2.45) is 5.10 Å². The van der Waals surface area contributed by atoms with Gasteiger partial charge in [-0.25, -0.2) is 10.4 Å². The second kappa shape index (κ2) is 7.23. The monoisotopic (exact) mass is 337 g/mol. The normalized spacial score (nSPS) is 11.1. The lowest BCUT2D eigenvalue weighted by molar-refractivity contribution is -0.120. The summed E-state index contributed by atoms with van der Waals surface area (Å²) in [5, 5.41) is 5.30. The fourth-order valence-corrected chi connectivity index (χ4v) is 2.55. The number of pyridine rings is 1. The van der Waals surface area contributed by atoms with Crippen LogP contribution in [0, 0.1) is 6.92 Å². The predicted octanol–water partition coefficient (Wildman–Crippen LogP) is 3.89. The molecule has 0 spiro atoms. The fourth-order valence-electron chi connectivity index (χ4n) is 2.36. The zero-order valence-electron chi connectivity index (χ0n) is 13.2. The van der Waals surface area contributed by atoms with E-state index in [4.69, 9.17) is 11.6 Å². The maximum absolute atomic E-state index is 11.9. The van der Waals surface area contributed by atoms with E-state index in [9.17, 15) is 4.79 Å². The number of benzene rings is 2. The second-order valence-electron chi connectivity index (χ2n) is 5.52. The lowest BCUT2D eigenvalue weighted by atomic mass is 10.1. The van der Waals surface area contributed by atoms with E-state index in [2.05, 4.69) is 15.5 Å². The Morgan fingerprint density at radius 1 is 1.21 bits per heavy atom. The molecule has 0 atom stereocenters. The first-order chi connectivity index (χ1) is 11.6. The van der Waals surface area contributed by atoms with Gasteiger partial charge in [0.15, 0.2) is 0 Å². The predicted molar refractivity (Wildman–Crippen MR) is 97.4 cm³/mol. The lowest BCUT2D eigenvalue weighted by Crippen LogP contribution is -2.19. The minimum absolute atomic E-state index is 0.182. The molecule has 4 nitrogen and oxygen atoms in total. The number of fused-ring (bicyclic) bond motifs is 1. The van der Waals surface area contributed by atoms with Crippen LogP contribution in [0.2, 0.25) is 5.15 Å². The van der Waals surface area contributed by atoms with Gasteiger partial charge in [-0.05, 0) is 30.2 Å². The summed E-state index contributed by atoms with van der Waals surface area (Å²) in [7, 11) is 0. The fraction of sp³-hybridized carbons (Fsp3) is 0.105. The molecule has 0 radical (unpaired) electrons. The molecule has 0 aliphatic carbocycles. The molecule has 120 valence electrons. The molecule has 24 heavy (non-hydrogen) atoms. The average molecular weight is 338 g/mol. The van der Waals surface area contributed by atoms with Crippen molar-refractivity contribution in [1.82, 2.24) is 10.4 Å². The molecule has 2 aromatic carbocycles. The Kier molecular flexibility index (Phi) is 4.87. The number of aryl methyl sites for hydroxylation is 1. The number of carbonyl (C=O) groups excluding carboxylic acids is 1. The maximum Gasteiger partial charge on any atom is 0.244 e. The van der Waals surface area contributed by atoms with Gasteiger partial charge in [0.25, 0.3) is 0 Å². The lowest BCUT2D eigenvalue weighted by Gasteiger charge is -2.03. The van der Waals surface area contributed by atoms with Gasteiger partial charge in [-0.1, -0.05) is 54.1 Å². The van der Waals surface area contributed by atoms with Crippen LogP contribution in [0.3, 0.4) is 0 Å². The van der Waals surface area contributed by atoms with E-state index < -0.39 is 0 Å². The minimum atomic E-state index is -0.182. The number of carbonyl (C=O) groups is 1. The Morgan fingerprint density at radius 2 is 2.00 bits per heavy atom. The van der Waals surface area contributed by atoms with Crippen molar-refractivity contribution in [3.05, 3.63) is 76.4 Å². The standard InChI is InChI=1S/C19H16ClN3O/c1-13-7-8-15-11-16(19(20)22-17(15)9-13)12-21-23-18(24)10-14-5-3-2-4-6-14/h2-9,11-12H,10H2,1H3,(H,23,24)/b21-12-. The summed E-state index contributed by atoms with van der Waals surface area (Å²) >= 11 is 6.19. The Bertz CT molecular complexity index is 907. The summed E-state index contributed by atoms with van der Waals surface area (Å²) < 4.78 is 0. The van der Waals surface area contributed by atoms with Gasteiger partial charge < -0.3 is 0 Å². The van der Waals surface area contributed by atoms with Gasteiger partial charge in [-0.2, -0.15) is 5.10 Å². The molecule has 3 rings (SSSR count). The highest BCUT2D eigenvalue weighted by Gasteiger charge is 2.04. The molecule has 1 amide bonds. The molecule has 0 saturated carbocycles. The van der Waals surface area contributed by atoms with Gasteiger partial charge in [0, 0.05) is 10.9 Å². The van der Waals surface area contributed by atoms with Crippen LogP contribution < -0.4 is 5.43 Å². The van der Waals surface area contributed by atoms with Crippen molar-refractivity contribution in [3.8, 4) is 0 Å². The van der Waals surface area contributed by atoms with Crippen LogP contribution in [0.5, 0.6) is 0 Å². The smallest absolute Gasteiger partial charge is 0.244 e. The molecule has 3 aromatic rings. The van der Waals surface area contributed by atoms with Crippen LogP contribution >= 0.6 is 11.6 Å². The molecule has 1 N–H and O–H groups in total. The van der Waals surface area contributed by atoms with E-state index in [0.29, 0.717) is 10.7 Å². The Hall–Kier alpha value is -2.72. The van der Waals surface area contributed by atoms with Gasteiger partial charge in [-0.3, -0.25) is 4.79 Å². The van der Waals surface area contributed by atoms with Crippen LogP contribution in [-0.2, 0) is 11.2 Å². The number of hydrogen-bond donors (Lipinski definition) is 1. The number of nitrogens with one attached hydrogen (secondary N) is 1. The first-order valence-corrected chi connectivity index (χ1v) is 7.92. The topological polar surface area (TPSA) is 54.4 Å². The van der Waals surface area contributed by atoms with E-state index in [1.807, 2.05) is 61.5 Å². The first-order valence-electron chi connectivity index (χ1n) is 7.54. The van der Waals surface area contributed by atoms with Crippen molar-refractivity contribution in [1.29, 1.82) is 0 Å². The Balaban J connectivity index is 1.70. The minimum Gasteiger partial charge on any atom is -0.273 e. The number of hydrazone groups is 1. The Labute approximate surface area is 145 Å². The molecule has 1 heterocycles. The highest BCUT2D eigenvalue weighted by atomic mass is 35.5. The molecular formula is C19H16ClN3O. The third-order valence-electron chi connectivity index (χ3n) is 3.55. The SMILES string of the molecule is Cc1ccc2cc(/C=N\NC(=O)Cc3ccccc3)c(Cl)nc2c1. The largest absolute Gasteiger partial charge is 0.273 e. The summed E-state index contributed by atoms with van der Waals surface area (Å²) in [5.74, 6) is -0.182. The summed E-state index contributed by atoms with van der Waals surface area (Å²) in [5.41, 5.74) is 6.07. The first kappa shape index (κ1) is 16.1. The quantitative estimate of drug-likeness (QED) is 0.446. The van der Waals surface area contributed by atoms with E-state index in [1.54, 1.807) is 0 Å². The molecule has 0 fully saturated rings. The van der Waals surface area contributed by atoms with Gasteiger partial charge in [0.05, 0.1) is 18.2 Å². The van der Waals surface area contributed by atoms with Crippen molar-refractivity contribution < 1.29 is 4.79 Å². The van der Waals surface area contributed by atoms with Gasteiger partial charge >= 0.3 is 0 Å². The van der Waals surface area contributed by atoms with Crippen LogP contribution in [-0.4, -0.2) is 17.1 Å². The summed E-state index contributed by atoms with van der Waals surface area (Å²) in [6, 6.07) is 17.4. The molecule has 0 aliphatic heterocycles. The summed E-state index contributed by atoms with van der Waals surface area (Å²) in [4.78, 5) is 16.2. The summed E-state index contributed by atoms with van der Waals surface area (Å²) in [6.07, 6.45) is 1.79. The molecule has 0 unspecified atom stereocenters. The van der Waals surface area contributed by atoms with E-state index in [-0.39, 0.29) is 12.3 Å². The second-order valence-corrected chi connectivity index (χ2v) is 5.88. The van der Waals surface area contributed by atoms with Gasteiger partial charge in [-0.15, -0.1) is 0 Å². The van der Waals surface area contributed by atoms with Crippen LogP contribution in [0.25, 0.3) is 10.9 Å². The highest BCUT2D eigenvalue weighted by molar-refractivity contribution is 6.32. The summed E-state index contributed by atoms with van der Waals surface area (Å²) in [6.45, 7) is 2.01. The van der Waals surface area contributed by atoms with Crippen LogP contribution in [0.4, 0.5) is 0 Å².